The van der Waals surface area contributed by atoms with Gasteiger partial charge in [0.05, 0.1) is 24.3 Å². The highest BCUT2D eigenvalue weighted by Gasteiger charge is 2.15. The first-order chi connectivity index (χ1) is 14.1. The molecular formula is C24H36F2N2S2. The van der Waals surface area contributed by atoms with Crippen molar-refractivity contribution in [1.82, 2.24) is 9.80 Å². The summed E-state index contributed by atoms with van der Waals surface area (Å²) in [5, 5.41) is 0. The Kier molecular flexibility index (Phi) is 12.0. The summed E-state index contributed by atoms with van der Waals surface area (Å²) >= 11 is 0.592. The molecule has 6 heteroatoms. The zero-order chi connectivity index (χ0) is 22.8. The van der Waals surface area contributed by atoms with E-state index >= 15 is 0 Å². The van der Waals surface area contributed by atoms with Crippen LogP contribution in [-0.4, -0.2) is 36.0 Å². The zero-order valence-corrected chi connectivity index (χ0v) is 21.0. The number of hydrogen-bond donors (Lipinski definition) is 0. The minimum Gasteiger partial charge on any atom is -0.297 e. The third-order valence-corrected chi connectivity index (χ3v) is 6.61. The molecular weight excluding hydrogens is 418 g/mol. The van der Waals surface area contributed by atoms with Crippen LogP contribution in [0.3, 0.4) is 0 Å². The minimum atomic E-state index is 0.290. The molecule has 0 N–H and O–H groups in total. The van der Waals surface area contributed by atoms with Crippen LogP contribution in [0.5, 0.6) is 0 Å². The number of nitrogens with zero attached hydrogens (tertiary/aromatic N) is 2. The molecule has 0 saturated heterocycles. The molecule has 0 bridgehead atoms. The SMILES string of the molecule is CC(C)N(C)C(C)c1ccc(SF)cc1.CC(C)N(C)C(C)c1cccc(SF)c1. The molecule has 0 radical (unpaired) electrons. The fourth-order valence-electron chi connectivity index (χ4n) is 2.98. The van der Waals surface area contributed by atoms with E-state index in [0.29, 0.717) is 58.3 Å². The summed E-state index contributed by atoms with van der Waals surface area (Å²) < 4.78 is 24.7. The molecule has 0 amide bonds. The van der Waals surface area contributed by atoms with Gasteiger partial charge in [0, 0.05) is 34.0 Å². The van der Waals surface area contributed by atoms with Crippen LogP contribution >= 0.6 is 24.3 Å². The van der Waals surface area contributed by atoms with Crippen molar-refractivity contribution in [3.05, 3.63) is 59.7 Å². The Morgan fingerprint density at radius 3 is 1.53 bits per heavy atom. The topological polar surface area (TPSA) is 6.48 Å². The van der Waals surface area contributed by atoms with Gasteiger partial charge in [-0.05, 0) is 91.0 Å². The number of hydrogen-bond acceptors (Lipinski definition) is 4. The van der Waals surface area contributed by atoms with Crippen LogP contribution in [0.25, 0.3) is 0 Å². The summed E-state index contributed by atoms with van der Waals surface area (Å²) in [6, 6.07) is 17.0. The van der Waals surface area contributed by atoms with Crippen molar-refractivity contribution in [2.45, 2.75) is 75.5 Å². The van der Waals surface area contributed by atoms with E-state index in [1.54, 1.807) is 6.07 Å². The average molecular weight is 455 g/mol. The maximum absolute atomic E-state index is 12.4. The average Bonchev–Trinajstić information content (AvgIpc) is 2.77. The van der Waals surface area contributed by atoms with Gasteiger partial charge >= 0.3 is 0 Å². The van der Waals surface area contributed by atoms with Crippen LogP contribution in [0.4, 0.5) is 7.77 Å². The van der Waals surface area contributed by atoms with Crippen LogP contribution in [0.2, 0.25) is 0 Å². The Morgan fingerprint density at radius 1 is 0.633 bits per heavy atom. The molecule has 2 unspecified atom stereocenters. The van der Waals surface area contributed by atoms with E-state index in [4.69, 9.17) is 0 Å². The number of halogens is 2. The first-order valence-electron chi connectivity index (χ1n) is 10.3. The third-order valence-electron chi connectivity index (χ3n) is 5.73. The number of rotatable bonds is 8. The van der Waals surface area contributed by atoms with Crippen LogP contribution < -0.4 is 0 Å². The summed E-state index contributed by atoms with van der Waals surface area (Å²) in [6.45, 7) is 13.0. The van der Waals surface area contributed by atoms with Gasteiger partial charge in [-0.1, -0.05) is 24.3 Å². The first-order valence-corrected chi connectivity index (χ1v) is 11.8. The second kappa shape index (κ2) is 13.4. The van der Waals surface area contributed by atoms with Gasteiger partial charge in [-0.2, -0.15) is 7.77 Å². The van der Waals surface area contributed by atoms with Crippen molar-refractivity contribution in [3.8, 4) is 0 Å². The van der Waals surface area contributed by atoms with Gasteiger partial charge in [-0.25, -0.2) is 0 Å². The Labute approximate surface area is 191 Å². The van der Waals surface area contributed by atoms with Gasteiger partial charge in [0.25, 0.3) is 0 Å². The molecule has 0 aromatic heterocycles. The van der Waals surface area contributed by atoms with E-state index in [0.717, 1.165) is 5.56 Å². The van der Waals surface area contributed by atoms with Gasteiger partial charge in [0.1, 0.15) is 0 Å². The van der Waals surface area contributed by atoms with Crippen LogP contribution in [-0.2, 0) is 0 Å². The Bertz CT molecular complexity index is 738. The van der Waals surface area contributed by atoms with Crippen molar-refractivity contribution in [2.24, 2.45) is 0 Å². The van der Waals surface area contributed by atoms with E-state index in [-0.39, 0.29) is 0 Å². The highest BCUT2D eigenvalue weighted by molar-refractivity contribution is 7.94. The molecule has 2 atom stereocenters. The monoisotopic (exact) mass is 454 g/mol. The van der Waals surface area contributed by atoms with Crippen molar-refractivity contribution in [2.75, 3.05) is 14.1 Å². The maximum Gasteiger partial charge on any atom is 0.0812 e. The lowest BCUT2D eigenvalue weighted by atomic mass is 10.1. The van der Waals surface area contributed by atoms with Gasteiger partial charge in [-0.3, -0.25) is 9.80 Å². The Morgan fingerprint density at radius 2 is 1.10 bits per heavy atom. The van der Waals surface area contributed by atoms with E-state index in [2.05, 4.69) is 65.4 Å². The van der Waals surface area contributed by atoms with Gasteiger partial charge in [-0.15, -0.1) is 0 Å². The minimum absolute atomic E-state index is 0.290. The van der Waals surface area contributed by atoms with Crippen LogP contribution in [0.15, 0.2) is 58.3 Å². The lowest BCUT2D eigenvalue weighted by Gasteiger charge is -2.28. The van der Waals surface area contributed by atoms with E-state index in [9.17, 15) is 7.77 Å². The summed E-state index contributed by atoms with van der Waals surface area (Å²) in [6.07, 6.45) is 0. The molecule has 0 aliphatic heterocycles. The van der Waals surface area contributed by atoms with Crippen LogP contribution in [0, 0.1) is 0 Å². The van der Waals surface area contributed by atoms with Gasteiger partial charge < -0.3 is 0 Å². The summed E-state index contributed by atoms with van der Waals surface area (Å²) in [4.78, 5) is 5.90. The van der Waals surface area contributed by atoms with Gasteiger partial charge in [0.15, 0.2) is 0 Å². The normalized spacial score (nSPS) is 13.5. The highest BCUT2D eigenvalue weighted by atomic mass is 32.2. The lowest BCUT2D eigenvalue weighted by molar-refractivity contribution is 0.210. The molecule has 168 valence electrons. The molecule has 2 aromatic rings. The zero-order valence-electron chi connectivity index (χ0n) is 19.4. The lowest BCUT2D eigenvalue weighted by Crippen LogP contribution is -2.29. The second-order valence-corrected chi connectivity index (χ2v) is 9.42. The summed E-state index contributed by atoms with van der Waals surface area (Å²) in [5.74, 6) is 0. The largest absolute Gasteiger partial charge is 0.297 e. The molecule has 0 saturated carbocycles. The summed E-state index contributed by atoms with van der Waals surface area (Å²) in [7, 11) is 4.19. The van der Waals surface area contributed by atoms with E-state index in [1.165, 1.54) is 5.56 Å². The molecule has 2 rings (SSSR count). The fraction of sp³-hybridized carbons (Fsp3) is 0.500. The Hall–Kier alpha value is -1.08. The molecule has 2 aromatic carbocycles. The molecule has 0 aliphatic rings. The van der Waals surface area contributed by atoms with Crippen LogP contribution in [0.1, 0.15) is 64.8 Å². The molecule has 2 nitrogen and oxygen atoms in total. The molecule has 0 spiro atoms. The molecule has 30 heavy (non-hydrogen) atoms. The first kappa shape index (κ1) is 27.0. The van der Waals surface area contributed by atoms with E-state index in [1.807, 2.05) is 42.5 Å². The second-order valence-electron chi connectivity index (χ2n) is 8.17. The number of benzene rings is 2. The molecule has 0 heterocycles. The van der Waals surface area contributed by atoms with Gasteiger partial charge in [0.2, 0.25) is 0 Å². The predicted octanol–water partition coefficient (Wildman–Crippen LogP) is 8.13. The Balaban J connectivity index is 0.000000300. The third kappa shape index (κ3) is 8.22. The summed E-state index contributed by atoms with van der Waals surface area (Å²) in [5.41, 5.74) is 2.39. The predicted molar refractivity (Wildman–Crippen MR) is 129 cm³/mol. The molecule has 0 aliphatic carbocycles. The highest BCUT2D eigenvalue weighted by Crippen LogP contribution is 2.26. The van der Waals surface area contributed by atoms with Crippen molar-refractivity contribution in [3.63, 3.8) is 0 Å². The maximum atomic E-state index is 12.4. The molecule has 0 fully saturated rings. The smallest absolute Gasteiger partial charge is 0.0812 e. The standard InChI is InChI=1S/2C12H18FNS/c1-9(2)14(4)10(3)11-5-7-12(15-13)8-6-11;1-9(2)14(4)10(3)11-6-5-7-12(8-11)15-13/h2*5-10H,1-4H3. The quantitative estimate of drug-likeness (QED) is 0.397. The van der Waals surface area contributed by atoms with Crippen molar-refractivity contribution in [1.29, 1.82) is 0 Å². The fourth-order valence-corrected chi connectivity index (χ4v) is 3.53. The van der Waals surface area contributed by atoms with Crippen molar-refractivity contribution >= 4 is 24.3 Å². The van der Waals surface area contributed by atoms with Crippen molar-refractivity contribution < 1.29 is 7.77 Å². The van der Waals surface area contributed by atoms with E-state index < -0.39 is 0 Å².